The molecule has 0 fully saturated rings. The molecule has 1 N–H and O–H groups in total. The predicted molar refractivity (Wildman–Crippen MR) is 66.0 cm³/mol. The lowest BCUT2D eigenvalue weighted by Gasteiger charge is -1.99. The van der Waals surface area contributed by atoms with Gasteiger partial charge in [-0.25, -0.2) is 4.79 Å². The number of carbonyl (C=O) groups is 1. The van der Waals surface area contributed by atoms with Gasteiger partial charge < -0.3 is 9.63 Å². The molecule has 0 aliphatic carbocycles. The molecule has 1 aromatic heterocycles. The van der Waals surface area contributed by atoms with Crippen molar-refractivity contribution in [3.8, 4) is 11.3 Å². The Kier molecular flexibility index (Phi) is 3.28. The van der Waals surface area contributed by atoms with Crippen LogP contribution in [0, 0.1) is 0 Å². The second kappa shape index (κ2) is 4.71. The van der Waals surface area contributed by atoms with Gasteiger partial charge in [-0.3, -0.25) is 0 Å². The van der Waals surface area contributed by atoms with Crippen molar-refractivity contribution in [1.82, 2.24) is 5.16 Å². The Morgan fingerprint density at radius 3 is 2.88 bits per heavy atom. The molecule has 1 heterocycles. The van der Waals surface area contributed by atoms with Crippen LogP contribution in [0.3, 0.4) is 0 Å². The molecule has 2 aromatic rings. The minimum absolute atomic E-state index is 0.144. The van der Waals surface area contributed by atoms with Crippen LogP contribution < -0.4 is 0 Å². The summed E-state index contributed by atoms with van der Waals surface area (Å²) in [4.78, 5) is 11.2. The van der Waals surface area contributed by atoms with Crippen LogP contribution in [0.4, 0.5) is 0 Å². The molecule has 0 spiro atoms. The number of benzene rings is 1. The van der Waals surface area contributed by atoms with Crippen molar-refractivity contribution in [2.24, 2.45) is 0 Å². The molecule has 0 aliphatic rings. The fourth-order valence-electron chi connectivity index (χ4n) is 1.62. The number of nitrogens with zero attached hydrogens (tertiary/aromatic N) is 1. The molecule has 1 aromatic carbocycles. The monoisotopic (exact) mass is 295 g/mol. The molecule has 2 rings (SSSR count). The molecule has 0 amide bonds. The largest absolute Gasteiger partial charge is 0.477 e. The van der Waals surface area contributed by atoms with Gasteiger partial charge in [0.25, 0.3) is 0 Å². The first kappa shape index (κ1) is 11.9. The Hall–Kier alpha value is -1.62. The van der Waals surface area contributed by atoms with Gasteiger partial charge in [0.15, 0.2) is 5.76 Å². The maximum atomic E-state index is 11.2. The van der Waals surface area contributed by atoms with E-state index in [2.05, 4.69) is 21.1 Å². The number of aromatic nitrogens is 1. The summed E-state index contributed by atoms with van der Waals surface area (Å²) in [7, 11) is 0. The minimum atomic E-state index is -1.02. The molecule has 88 valence electrons. The summed E-state index contributed by atoms with van der Waals surface area (Å²) < 4.78 is 5.92. The summed E-state index contributed by atoms with van der Waals surface area (Å²) in [5.74, 6) is -0.620. The Labute approximate surface area is 106 Å². The number of hydrogen-bond acceptors (Lipinski definition) is 3. The smallest absolute Gasteiger partial charge is 0.341 e. The van der Waals surface area contributed by atoms with Crippen molar-refractivity contribution in [2.45, 2.75) is 13.3 Å². The summed E-state index contributed by atoms with van der Waals surface area (Å²) >= 11 is 3.34. The number of aryl methyl sites for hydroxylation is 1. The Morgan fingerprint density at radius 2 is 2.29 bits per heavy atom. The van der Waals surface area contributed by atoms with Crippen molar-refractivity contribution in [2.75, 3.05) is 0 Å². The summed E-state index contributed by atoms with van der Waals surface area (Å²) in [6, 6.07) is 7.30. The van der Waals surface area contributed by atoms with Crippen molar-refractivity contribution >= 4 is 21.9 Å². The van der Waals surface area contributed by atoms with Crippen LogP contribution in [-0.4, -0.2) is 16.2 Å². The van der Waals surface area contributed by atoms with E-state index in [9.17, 15) is 9.90 Å². The molecule has 0 bridgehead atoms. The molecular formula is C12H10BrNO3. The number of carboxylic acids is 1. The van der Waals surface area contributed by atoms with Gasteiger partial charge >= 0.3 is 5.97 Å². The van der Waals surface area contributed by atoms with Gasteiger partial charge in [-0.15, -0.1) is 0 Å². The third-order valence-corrected chi connectivity index (χ3v) is 2.89. The highest BCUT2D eigenvalue weighted by atomic mass is 79.9. The number of hydrogen-bond donors (Lipinski definition) is 1. The van der Waals surface area contributed by atoms with Crippen molar-refractivity contribution in [1.29, 1.82) is 0 Å². The van der Waals surface area contributed by atoms with E-state index >= 15 is 0 Å². The lowest BCUT2D eigenvalue weighted by Crippen LogP contribution is -2.00. The zero-order valence-electron chi connectivity index (χ0n) is 9.11. The van der Waals surface area contributed by atoms with E-state index in [4.69, 9.17) is 4.52 Å². The van der Waals surface area contributed by atoms with E-state index in [0.717, 1.165) is 10.0 Å². The van der Waals surface area contributed by atoms with Gasteiger partial charge in [0.05, 0.1) is 0 Å². The van der Waals surface area contributed by atoms with Gasteiger partial charge in [0.1, 0.15) is 11.3 Å². The fourth-order valence-corrected chi connectivity index (χ4v) is 2.02. The molecule has 0 unspecified atom stereocenters. The lowest BCUT2D eigenvalue weighted by molar-refractivity contribution is 0.0695. The Bertz CT molecular complexity index is 563. The lowest BCUT2D eigenvalue weighted by atomic mass is 10.1. The molecule has 5 heteroatoms. The van der Waals surface area contributed by atoms with E-state index in [1.165, 1.54) is 0 Å². The number of halogens is 1. The summed E-state index contributed by atoms with van der Waals surface area (Å²) in [5, 5.41) is 13.0. The average Bonchev–Trinajstić information content (AvgIpc) is 2.72. The first-order valence-electron chi connectivity index (χ1n) is 5.11. The molecule has 0 atom stereocenters. The highest BCUT2D eigenvalue weighted by Crippen LogP contribution is 2.27. The zero-order chi connectivity index (χ0) is 12.4. The standard InChI is InChI=1S/C12H10BrNO3/c1-2-9-10(12(15)16)11(14-17-9)7-4-3-5-8(13)6-7/h3-6H,2H2,1H3,(H,15,16). The van der Waals surface area contributed by atoms with E-state index < -0.39 is 5.97 Å². The molecule has 0 aliphatic heterocycles. The third-order valence-electron chi connectivity index (χ3n) is 2.40. The van der Waals surface area contributed by atoms with E-state index in [-0.39, 0.29) is 5.56 Å². The Balaban J connectivity index is 2.60. The van der Waals surface area contributed by atoms with Crippen LogP contribution >= 0.6 is 15.9 Å². The highest BCUT2D eigenvalue weighted by Gasteiger charge is 2.22. The van der Waals surface area contributed by atoms with Crippen molar-refractivity contribution in [3.63, 3.8) is 0 Å². The van der Waals surface area contributed by atoms with Gasteiger partial charge in [0, 0.05) is 16.5 Å². The number of aromatic carboxylic acids is 1. The summed E-state index contributed by atoms with van der Waals surface area (Å²) in [6.07, 6.45) is 0.503. The maximum absolute atomic E-state index is 11.2. The summed E-state index contributed by atoms with van der Waals surface area (Å²) in [6.45, 7) is 1.83. The first-order chi connectivity index (χ1) is 8.13. The third kappa shape index (κ3) is 2.24. The first-order valence-corrected chi connectivity index (χ1v) is 5.90. The second-order valence-corrected chi connectivity index (χ2v) is 4.41. The number of carboxylic acid groups (broad SMARTS) is 1. The second-order valence-electron chi connectivity index (χ2n) is 3.50. The van der Waals surface area contributed by atoms with Gasteiger partial charge in [-0.1, -0.05) is 40.1 Å². The molecule has 0 saturated heterocycles. The topological polar surface area (TPSA) is 63.3 Å². The highest BCUT2D eigenvalue weighted by molar-refractivity contribution is 9.10. The van der Waals surface area contributed by atoms with Crippen LogP contribution in [0.25, 0.3) is 11.3 Å². The fraction of sp³-hybridized carbons (Fsp3) is 0.167. The van der Waals surface area contributed by atoms with Crippen LogP contribution in [-0.2, 0) is 6.42 Å². The molecule has 17 heavy (non-hydrogen) atoms. The van der Waals surface area contributed by atoms with Crippen LogP contribution in [0.5, 0.6) is 0 Å². The van der Waals surface area contributed by atoms with Crippen molar-refractivity contribution < 1.29 is 14.4 Å². The quantitative estimate of drug-likeness (QED) is 0.943. The van der Waals surface area contributed by atoms with E-state index in [1.54, 1.807) is 6.07 Å². The van der Waals surface area contributed by atoms with Crippen LogP contribution in [0.15, 0.2) is 33.3 Å². The normalized spacial score (nSPS) is 10.5. The van der Waals surface area contributed by atoms with E-state index in [0.29, 0.717) is 17.9 Å². The van der Waals surface area contributed by atoms with Crippen LogP contribution in [0.1, 0.15) is 23.0 Å². The van der Waals surface area contributed by atoms with Crippen molar-refractivity contribution in [3.05, 3.63) is 40.1 Å². The SMILES string of the molecule is CCc1onc(-c2cccc(Br)c2)c1C(=O)O. The molecular weight excluding hydrogens is 286 g/mol. The van der Waals surface area contributed by atoms with Gasteiger partial charge in [0.2, 0.25) is 0 Å². The zero-order valence-corrected chi connectivity index (χ0v) is 10.7. The molecule has 0 radical (unpaired) electrons. The van der Waals surface area contributed by atoms with Crippen LogP contribution in [0.2, 0.25) is 0 Å². The van der Waals surface area contributed by atoms with E-state index in [1.807, 2.05) is 25.1 Å². The Morgan fingerprint density at radius 1 is 1.53 bits per heavy atom. The average molecular weight is 296 g/mol. The van der Waals surface area contributed by atoms with Gasteiger partial charge in [-0.2, -0.15) is 0 Å². The maximum Gasteiger partial charge on any atom is 0.341 e. The van der Waals surface area contributed by atoms with Gasteiger partial charge in [-0.05, 0) is 12.1 Å². The predicted octanol–water partition coefficient (Wildman–Crippen LogP) is 3.36. The number of rotatable bonds is 3. The molecule has 0 saturated carbocycles. The molecule has 4 nitrogen and oxygen atoms in total. The summed E-state index contributed by atoms with van der Waals surface area (Å²) in [5.41, 5.74) is 1.24. The minimum Gasteiger partial charge on any atom is -0.477 e.